The van der Waals surface area contributed by atoms with Crippen molar-refractivity contribution >= 4 is 28.9 Å². The molecule has 4 nitrogen and oxygen atoms in total. The fourth-order valence-electron chi connectivity index (χ4n) is 2.87. The number of amides is 1. The van der Waals surface area contributed by atoms with Gasteiger partial charge in [0, 0.05) is 16.4 Å². The van der Waals surface area contributed by atoms with E-state index in [1.165, 1.54) is 12.8 Å². The minimum Gasteiger partial charge on any atom is -0.373 e. The number of hydrazone groups is 1. The Balaban J connectivity index is 1.99. The second kappa shape index (κ2) is 8.34. The fourth-order valence-corrected chi connectivity index (χ4v) is 3.10. The first-order valence-electron chi connectivity index (χ1n) is 8.40. The second-order valence-electron chi connectivity index (χ2n) is 6.29. The maximum absolute atomic E-state index is 12.4. The molecular formula is C18H26ClN3O. The number of carbonyl (C=O) groups excluding carboxylic acids is 1. The largest absolute Gasteiger partial charge is 0.373 e. The van der Waals surface area contributed by atoms with Gasteiger partial charge in [0.05, 0.1) is 0 Å². The van der Waals surface area contributed by atoms with Gasteiger partial charge >= 0.3 is 0 Å². The molecule has 0 radical (unpaired) electrons. The van der Waals surface area contributed by atoms with E-state index in [0.29, 0.717) is 17.4 Å². The summed E-state index contributed by atoms with van der Waals surface area (Å²) in [7, 11) is 0. The monoisotopic (exact) mass is 335 g/mol. The molecule has 1 fully saturated rings. The van der Waals surface area contributed by atoms with E-state index < -0.39 is 0 Å². The van der Waals surface area contributed by atoms with Gasteiger partial charge < -0.3 is 5.32 Å². The number of hydrogen-bond donors (Lipinski definition) is 2. The van der Waals surface area contributed by atoms with Crippen molar-refractivity contribution in [3.05, 3.63) is 28.8 Å². The number of anilines is 1. The minimum atomic E-state index is -0.307. The van der Waals surface area contributed by atoms with E-state index >= 15 is 0 Å². The molecule has 23 heavy (non-hydrogen) atoms. The molecule has 1 amide bonds. The Hall–Kier alpha value is -1.55. The van der Waals surface area contributed by atoms with Gasteiger partial charge in [0.1, 0.15) is 6.04 Å². The zero-order valence-corrected chi connectivity index (χ0v) is 14.9. The molecule has 0 saturated heterocycles. The first kappa shape index (κ1) is 17.8. The molecule has 0 unspecified atom stereocenters. The lowest BCUT2D eigenvalue weighted by atomic mass is 9.89. The van der Waals surface area contributed by atoms with E-state index in [4.69, 9.17) is 11.6 Å². The van der Waals surface area contributed by atoms with Crippen LogP contribution in [0.1, 0.15) is 51.5 Å². The summed E-state index contributed by atoms with van der Waals surface area (Å²) < 4.78 is 0. The topological polar surface area (TPSA) is 53.5 Å². The summed E-state index contributed by atoms with van der Waals surface area (Å²) in [6, 6.07) is 5.31. The van der Waals surface area contributed by atoms with Crippen LogP contribution in [0.2, 0.25) is 5.02 Å². The summed E-state index contributed by atoms with van der Waals surface area (Å²) >= 11 is 5.97. The number of aryl methyl sites for hydroxylation is 1. The number of carbonyl (C=O) groups is 1. The van der Waals surface area contributed by atoms with Crippen LogP contribution in [0.4, 0.5) is 5.69 Å². The highest BCUT2D eigenvalue weighted by Gasteiger charge is 2.19. The van der Waals surface area contributed by atoms with Gasteiger partial charge in [-0.05, 0) is 62.3 Å². The first-order chi connectivity index (χ1) is 11.0. The normalized spacial score (nSPS) is 21.0. The maximum Gasteiger partial charge on any atom is 0.262 e. The predicted molar refractivity (Wildman–Crippen MR) is 97.1 cm³/mol. The summed E-state index contributed by atoms with van der Waals surface area (Å²) in [5, 5.41) is 8.35. The average Bonchev–Trinajstić information content (AvgIpc) is 2.53. The molecule has 1 aliphatic carbocycles. The summed E-state index contributed by atoms with van der Waals surface area (Å²) in [6.07, 6.45) is 5.26. The first-order valence-corrected chi connectivity index (χ1v) is 8.78. The Morgan fingerprint density at radius 3 is 2.87 bits per heavy atom. The second-order valence-corrected chi connectivity index (χ2v) is 6.73. The van der Waals surface area contributed by atoms with E-state index in [2.05, 4.69) is 22.8 Å². The van der Waals surface area contributed by atoms with Crippen molar-refractivity contribution in [3.8, 4) is 0 Å². The number of nitrogens with one attached hydrogen (secondary N) is 2. The third-order valence-corrected chi connectivity index (χ3v) is 4.68. The third-order valence-electron chi connectivity index (χ3n) is 4.44. The van der Waals surface area contributed by atoms with Gasteiger partial charge in [0.2, 0.25) is 0 Å². The highest BCUT2D eigenvalue weighted by Crippen LogP contribution is 2.22. The van der Waals surface area contributed by atoms with Crippen molar-refractivity contribution < 1.29 is 4.79 Å². The Kier molecular flexibility index (Phi) is 6.46. The lowest BCUT2D eigenvalue weighted by Gasteiger charge is -2.21. The van der Waals surface area contributed by atoms with Crippen LogP contribution in [0.25, 0.3) is 0 Å². The molecule has 2 atom stereocenters. The van der Waals surface area contributed by atoms with Gasteiger partial charge in [-0.15, -0.1) is 0 Å². The smallest absolute Gasteiger partial charge is 0.262 e. The quantitative estimate of drug-likeness (QED) is 0.777. The van der Waals surface area contributed by atoms with Crippen LogP contribution >= 0.6 is 11.6 Å². The van der Waals surface area contributed by atoms with Gasteiger partial charge in [0.25, 0.3) is 5.91 Å². The molecule has 0 spiro atoms. The van der Waals surface area contributed by atoms with Gasteiger partial charge in [0.15, 0.2) is 0 Å². The van der Waals surface area contributed by atoms with Crippen molar-refractivity contribution in [2.24, 2.45) is 11.0 Å². The molecule has 0 aliphatic heterocycles. The number of benzene rings is 1. The number of halogens is 1. The molecule has 5 heteroatoms. The predicted octanol–water partition coefficient (Wildman–Crippen LogP) is 4.52. The molecule has 2 N–H and O–H groups in total. The molecule has 0 aromatic heterocycles. The van der Waals surface area contributed by atoms with Crippen molar-refractivity contribution in [1.82, 2.24) is 5.43 Å². The Labute approximate surface area is 143 Å². The van der Waals surface area contributed by atoms with Crippen molar-refractivity contribution in [3.63, 3.8) is 0 Å². The minimum absolute atomic E-state index is 0.0906. The van der Waals surface area contributed by atoms with Gasteiger partial charge in [-0.1, -0.05) is 31.9 Å². The van der Waals surface area contributed by atoms with E-state index in [1.54, 1.807) is 0 Å². The van der Waals surface area contributed by atoms with Gasteiger partial charge in [-0.25, -0.2) is 5.43 Å². The summed E-state index contributed by atoms with van der Waals surface area (Å²) in [6.45, 7) is 6.14. The van der Waals surface area contributed by atoms with Crippen molar-refractivity contribution in [1.29, 1.82) is 0 Å². The zero-order chi connectivity index (χ0) is 16.8. The average molecular weight is 336 g/mol. The Morgan fingerprint density at radius 2 is 2.22 bits per heavy atom. The molecule has 2 rings (SSSR count). The standard InChI is InChI=1S/C18H26ClN3O/c1-4-15(20-16-10-9-14(19)11-13(16)3)18(23)22-21-17-8-6-5-7-12(17)2/h9-12,15,20H,4-8H2,1-3H3,(H,22,23)/b21-17+/t12-,15-/m0/s1. The third kappa shape index (κ3) is 4.96. The molecule has 1 saturated carbocycles. The Morgan fingerprint density at radius 1 is 1.43 bits per heavy atom. The lowest BCUT2D eigenvalue weighted by molar-refractivity contribution is -0.121. The van der Waals surface area contributed by atoms with Gasteiger partial charge in [-0.3, -0.25) is 4.79 Å². The maximum atomic E-state index is 12.4. The lowest BCUT2D eigenvalue weighted by Crippen LogP contribution is -2.38. The van der Waals surface area contributed by atoms with Crippen LogP contribution in [-0.2, 0) is 4.79 Å². The molecule has 1 aliphatic rings. The van der Waals surface area contributed by atoms with Crippen LogP contribution in [0.15, 0.2) is 23.3 Å². The van der Waals surface area contributed by atoms with Crippen molar-refractivity contribution in [2.75, 3.05) is 5.32 Å². The number of rotatable bonds is 5. The van der Waals surface area contributed by atoms with Crippen LogP contribution in [-0.4, -0.2) is 17.7 Å². The van der Waals surface area contributed by atoms with Crippen LogP contribution in [0.5, 0.6) is 0 Å². The molecule has 0 heterocycles. The highest BCUT2D eigenvalue weighted by molar-refractivity contribution is 6.30. The molecule has 0 bridgehead atoms. The molecule has 1 aromatic rings. The van der Waals surface area contributed by atoms with Crippen LogP contribution < -0.4 is 10.7 Å². The van der Waals surface area contributed by atoms with E-state index in [0.717, 1.165) is 29.8 Å². The summed E-state index contributed by atoms with van der Waals surface area (Å²) in [4.78, 5) is 12.4. The SMILES string of the molecule is CC[C@H](Nc1ccc(Cl)cc1C)C(=O)N/N=C1\CCCC[C@@H]1C. The number of nitrogens with zero attached hydrogens (tertiary/aromatic N) is 1. The Bertz CT molecular complexity index is 586. The molecular weight excluding hydrogens is 310 g/mol. The highest BCUT2D eigenvalue weighted by atomic mass is 35.5. The van der Waals surface area contributed by atoms with Crippen LogP contribution in [0, 0.1) is 12.8 Å². The van der Waals surface area contributed by atoms with Crippen molar-refractivity contribution in [2.45, 2.75) is 58.9 Å². The van der Waals surface area contributed by atoms with Crippen LogP contribution in [0.3, 0.4) is 0 Å². The zero-order valence-electron chi connectivity index (χ0n) is 14.2. The summed E-state index contributed by atoms with van der Waals surface area (Å²) in [5.41, 5.74) is 5.81. The molecule has 126 valence electrons. The fraction of sp³-hybridized carbons (Fsp3) is 0.556. The van der Waals surface area contributed by atoms with Gasteiger partial charge in [-0.2, -0.15) is 5.10 Å². The van der Waals surface area contributed by atoms with E-state index in [9.17, 15) is 4.79 Å². The van der Waals surface area contributed by atoms with E-state index in [1.807, 2.05) is 32.0 Å². The molecule has 1 aromatic carbocycles. The van der Waals surface area contributed by atoms with E-state index in [-0.39, 0.29) is 11.9 Å². The summed E-state index contributed by atoms with van der Waals surface area (Å²) in [5.74, 6) is 0.378. The number of hydrogen-bond acceptors (Lipinski definition) is 3.